The fourth-order valence-corrected chi connectivity index (χ4v) is 3.68. The first-order valence-corrected chi connectivity index (χ1v) is 10.7. The van der Waals surface area contributed by atoms with Crippen LogP contribution >= 0.6 is 0 Å². The molecule has 0 aromatic heterocycles. The van der Waals surface area contributed by atoms with Gasteiger partial charge >= 0.3 is 0 Å². The van der Waals surface area contributed by atoms with Crippen molar-refractivity contribution in [3.63, 3.8) is 0 Å². The summed E-state index contributed by atoms with van der Waals surface area (Å²) in [6, 6.07) is 22.6. The van der Waals surface area contributed by atoms with Crippen molar-refractivity contribution in [2.24, 2.45) is 5.92 Å². The molecule has 3 aromatic rings. The number of methoxy groups -OCH3 is 3. The molecule has 0 saturated carbocycles. The molecule has 0 saturated heterocycles. The highest BCUT2D eigenvalue weighted by atomic mass is 16.5. The lowest BCUT2D eigenvalue weighted by molar-refractivity contribution is -0.134. The molecule has 0 aliphatic carbocycles. The van der Waals surface area contributed by atoms with E-state index < -0.39 is 5.92 Å². The molecule has 1 atom stereocenters. The van der Waals surface area contributed by atoms with Crippen molar-refractivity contribution in [2.45, 2.75) is 20.0 Å². The van der Waals surface area contributed by atoms with Gasteiger partial charge < -0.3 is 19.1 Å². The molecule has 6 nitrogen and oxygen atoms in total. The lowest BCUT2D eigenvalue weighted by Crippen LogP contribution is -2.37. The molecular formula is C27H29NO5. The zero-order chi connectivity index (χ0) is 23.8. The Morgan fingerprint density at radius 1 is 0.758 bits per heavy atom. The molecule has 1 amide bonds. The van der Waals surface area contributed by atoms with Gasteiger partial charge in [-0.1, -0.05) is 60.7 Å². The molecule has 0 fully saturated rings. The summed E-state index contributed by atoms with van der Waals surface area (Å²) in [5.41, 5.74) is 2.31. The topological polar surface area (TPSA) is 65.1 Å². The van der Waals surface area contributed by atoms with Gasteiger partial charge in [-0.15, -0.1) is 0 Å². The number of Topliss-reactive ketones (excluding diaryl/α,β-unsaturated/α-hetero) is 1. The number of hydrogen-bond donors (Lipinski definition) is 0. The van der Waals surface area contributed by atoms with E-state index in [4.69, 9.17) is 14.2 Å². The fraction of sp³-hybridized carbons (Fsp3) is 0.259. The van der Waals surface area contributed by atoms with Crippen molar-refractivity contribution in [3.05, 3.63) is 89.5 Å². The van der Waals surface area contributed by atoms with Crippen LogP contribution in [0.15, 0.2) is 72.8 Å². The van der Waals surface area contributed by atoms with E-state index in [9.17, 15) is 9.59 Å². The van der Waals surface area contributed by atoms with Crippen LogP contribution < -0.4 is 14.2 Å². The van der Waals surface area contributed by atoms with Gasteiger partial charge in [0, 0.05) is 18.7 Å². The van der Waals surface area contributed by atoms with Gasteiger partial charge in [-0.2, -0.15) is 0 Å². The second-order valence-corrected chi connectivity index (χ2v) is 7.67. The smallest absolute Gasteiger partial charge is 0.233 e. The van der Waals surface area contributed by atoms with Crippen LogP contribution in [0.3, 0.4) is 0 Å². The number of ether oxygens (including phenoxy) is 3. The average molecular weight is 448 g/mol. The third kappa shape index (κ3) is 5.71. The third-order valence-corrected chi connectivity index (χ3v) is 5.46. The summed E-state index contributed by atoms with van der Waals surface area (Å²) >= 11 is 0. The molecule has 0 bridgehead atoms. The van der Waals surface area contributed by atoms with Gasteiger partial charge in [0.05, 0.1) is 27.2 Å². The van der Waals surface area contributed by atoms with Gasteiger partial charge in [0.25, 0.3) is 0 Å². The maximum Gasteiger partial charge on any atom is 0.233 e. The number of amides is 1. The first-order chi connectivity index (χ1) is 16.0. The van der Waals surface area contributed by atoms with Crippen LogP contribution in [0.4, 0.5) is 0 Å². The van der Waals surface area contributed by atoms with Crippen LogP contribution in [-0.4, -0.2) is 37.9 Å². The number of carbonyl (C=O) groups excluding carboxylic acids is 2. The SMILES string of the molecule is COc1cc(C(=O)C(C)C(=O)N(Cc2ccccc2)Cc2ccccc2)cc(OC)c1OC. The van der Waals surface area contributed by atoms with Gasteiger partial charge in [0.2, 0.25) is 11.7 Å². The van der Waals surface area contributed by atoms with Gasteiger partial charge in [0.15, 0.2) is 17.3 Å². The average Bonchev–Trinajstić information content (AvgIpc) is 2.87. The van der Waals surface area contributed by atoms with E-state index in [1.54, 1.807) is 24.0 Å². The summed E-state index contributed by atoms with van der Waals surface area (Å²) < 4.78 is 16.1. The lowest BCUT2D eigenvalue weighted by Gasteiger charge is -2.26. The molecule has 0 spiro atoms. The van der Waals surface area contributed by atoms with Crippen molar-refractivity contribution < 1.29 is 23.8 Å². The Morgan fingerprint density at radius 3 is 1.61 bits per heavy atom. The zero-order valence-electron chi connectivity index (χ0n) is 19.4. The highest BCUT2D eigenvalue weighted by Gasteiger charge is 2.29. The Bertz CT molecular complexity index is 1020. The van der Waals surface area contributed by atoms with Crippen molar-refractivity contribution in [2.75, 3.05) is 21.3 Å². The maximum absolute atomic E-state index is 13.5. The predicted octanol–water partition coefficient (Wildman–Crippen LogP) is 4.76. The van der Waals surface area contributed by atoms with E-state index in [1.165, 1.54) is 21.3 Å². The molecule has 172 valence electrons. The first-order valence-electron chi connectivity index (χ1n) is 10.7. The number of rotatable bonds is 10. The van der Waals surface area contributed by atoms with Crippen molar-refractivity contribution in [1.29, 1.82) is 0 Å². The van der Waals surface area contributed by atoms with Crippen LogP contribution in [0, 0.1) is 5.92 Å². The summed E-state index contributed by atoms with van der Waals surface area (Å²) in [6.45, 7) is 2.44. The Labute approximate surface area is 194 Å². The molecule has 33 heavy (non-hydrogen) atoms. The highest BCUT2D eigenvalue weighted by molar-refractivity contribution is 6.10. The summed E-state index contributed by atoms with van der Waals surface area (Å²) in [4.78, 5) is 28.6. The van der Waals surface area contributed by atoms with Crippen LogP contribution in [0.1, 0.15) is 28.4 Å². The molecule has 0 aliphatic heterocycles. The molecule has 0 heterocycles. The molecule has 1 unspecified atom stereocenters. The van der Waals surface area contributed by atoms with E-state index >= 15 is 0 Å². The van der Waals surface area contributed by atoms with Crippen LogP contribution in [0.25, 0.3) is 0 Å². The third-order valence-electron chi connectivity index (χ3n) is 5.46. The highest BCUT2D eigenvalue weighted by Crippen LogP contribution is 2.38. The van der Waals surface area contributed by atoms with Crippen LogP contribution in [-0.2, 0) is 17.9 Å². The van der Waals surface area contributed by atoms with Gasteiger partial charge in [-0.05, 0) is 30.2 Å². The largest absolute Gasteiger partial charge is 0.493 e. The Morgan fingerprint density at radius 2 is 1.21 bits per heavy atom. The minimum absolute atomic E-state index is 0.249. The Hall–Kier alpha value is -3.80. The number of nitrogens with zero attached hydrogens (tertiary/aromatic N) is 1. The number of carbonyl (C=O) groups is 2. The monoisotopic (exact) mass is 447 g/mol. The van der Waals surface area contributed by atoms with Crippen LogP contribution in [0.5, 0.6) is 17.2 Å². The molecule has 0 aliphatic rings. The number of benzene rings is 3. The number of ketones is 1. The van der Waals surface area contributed by atoms with Gasteiger partial charge in [0.1, 0.15) is 0 Å². The molecule has 3 rings (SSSR count). The van der Waals surface area contributed by atoms with Crippen molar-refractivity contribution in [3.8, 4) is 17.2 Å². The van der Waals surface area contributed by atoms with Crippen molar-refractivity contribution >= 4 is 11.7 Å². The quantitative estimate of drug-likeness (QED) is 0.331. The molecule has 0 radical (unpaired) electrons. The predicted molar refractivity (Wildman–Crippen MR) is 127 cm³/mol. The van der Waals surface area contributed by atoms with E-state index in [2.05, 4.69) is 0 Å². The second kappa shape index (κ2) is 11.2. The summed E-state index contributed by atoms with van der Waals surface area (Å²) in [5, 5.41) is 0. The summed E-state index contributed by atoms with van der Waals surface area (Å²) in [7, 11) is 4.47. The molecule has 0 N–H and O–H groups in total. The molecule has 6 heteroatoms. The van der Waals surface area contributed by atoms with Gasteiger partial charge in [-0.3, -0.25) is 9.59 Å². The first kappa shape index (κ1) is 23.9. The number of hydrogen-bond acceptors (Lipinski definition) is 5. The van der Waals surface area contributed by atoms with E-state index in [0.717, 1.165) is 11.1 Å². The molecular weight excluding hydrogens is 418 g/mol. The van der Waals surface area contributed by atoms with E-state index in [1.807, 2.05) is 60.7 Å². The Kier molecular flexibility index (Phi) is 8.08. The zero-order valence-corrected chi connectivity index (χ0v) is 19.4. The van der Waals surface area contributed by atoms with Crippen LogP contribution in [0.2, 0.25) is 0 Å². The normalized spacial score (nSPS) is 11.4. The lowest BCUT2D eigenvalue weighted by atomic mass is 9.96. The summed E-state index contributed by atoms with van der Waals surface area (Å²) in [5.74, 6) is -0.326. The second-order valence-electron chi connectivity index (χ2n) is 7.67. The van der Waals surface area contributed by atoms with Gasteiger partial charge in [-0.25, -0.2) is 0 Å². The fourth-order valence-electron chi connectivity index (χ4n) is 3.68. The van der Waals surface area contributed by atoms with E-state index in [0.29, 0.717) is 35.9 Å². The Balaban J connectivity index is 1.89. The minimum Gasteiger partial charge on any atom is -0.493 e. The summed E-state index contributed by atoms with van der Waals surface area (Å²) in [6.07, 6.45) is 0. The van der Waals surface area contributed by atoms with E-state index in [-0.39, 0.29) is 11.7 Å². The standard InChI is InChI=1S/C27H29NO5/c1-19(25(29)22-15-23(31-2)26(33-4)24(16-22)32-3)27(30)28(17-20-11-7-5-8-12-20)18-21-13-9-6-10-14-21/h5-16,19H,17-18H2,1-4H3. The maximum atomic E-state index is 13.5. The molecule has 3 aromatic carbocycles. The minimum atomic E-state index is -0.889. The van der Waals surface area contributed by atoms with Crippen molar-refractivity contribution in [1.82, 2.24) is 4.90 Å².